The minimum absolute atomic E-state index is 0.000720. The summed E-state index contributed by atoms with van der Waals surface area (Å²) in [6, 6.07) is 8.63. The van der Waals surface area contributed by atoms with Crippen LogP contribution in [0, 0.1) is 0 Å². The smallest absolute Gasteiger partial charge is 0.416 e. The van der Waals surface area contributed by atoms with Gasteiger partial charge in [-0.3, -0.25) is 0 Å². The van der Waals surface area contributed by atoms with Crippen molar-refractivity contribution in [3.05, 3.63) is 64.4 Å². The van der Waals surface area contributed by atoms with Gasteiger partial charge in [-0.15, -0.1) is 0 Å². The molecule has 3 aliphatic rings. The lowest BCUT2D eigenvalue weighted by Gasteiger charge is -2.30. The first-order chi connectivity index (χ1) is 13.4. The predicted molar refractivity (Wildman–Crippen MR) is 92.3 cm³/mol. The number of alkyl halides is 3. The summed E-state index contributed by atoms with van der Waals surface area (Å²) in [5.41, 5.74) is 0.967. The van der Waals surface area contributed by atoms with E-state index in [1.807, 2.05) is 0 Å². The van der Waals surface area contributed by atoms with Crippen LogP contribution in [0.5, 0.6) is 11.5 Å². The van der Waals surface area contributed by atoms with Gasteiger partial charge in [0, 0.05) is 17.7 Å². The maximum Gasteiger partial charge on any atom is 0.416 e. The van der Waals surface area contributed by atoms with E-state index >= 15 is 0 Å². The number of benzene rings is 2. The van der Waals surface area contributed by atoms with Gasteiger partial charge in [0.15, 0.2) is 11.5 Å². The van der Waals surface area contributed by atoms with Crippen molar-refractivity contribution in [2.45, 2.75) is 12.1 Å². The molecule has 1 N–H and O–H groups in total. The molecule has 5 rings (SSSR count). The van der Waals surface area contributed by atoms with Gasteiger partial charge in [-0.1, -0.05) is 18.2 Å². The molecule has 2 aromatic rings. The van der Waals surface area contributed by atoms with E-state index in [1.54, 1.807) is 12.1 Å². The van der Waals surface area contributed by atoms with Crippen molar-refractivity contribution in [3.8, 4) is 11.5 Å². The number of esters is 1. The van der Waals surface area contributed by atoms with Crippen molar-refractivity contribution < 1.29 is 32.2 Å². The zero-order chi connectivity index (χ0) is 19.5. The molecule has 0 spiro atoms. The largest absolute Gasteiger partial charge is 0.486 e. The van der Waals surface area contributed by atoms with Crippen LogP contribution in [-0.4, -0.2) is 25.8 Å². The third-order valence-corrected chi connectivity index (χ3v) is 5.07. The van der Waals surface area contributed by atoms with Crippen molar-refractivity contribution in [3.63, 3.8) is 0 Å². The van der Waals surface area contributed by atoms with E-state index < -0.39 is 23.6 Å². The highest BCUT2D eigenvalue weighted by Crippen LogP contribution is 2.50. The quantitative estimate of drug-likeness (QED) is 0.751. The van der Waals surface area contributed by atoms with E-state index in [9.17, 15) is 18.0 Å². The molecule has 144 valence electrons. The zero-order valence-electron chi connectivity index (χ0n) is 14.4. The molecule has 0 aliphatic carbocycles. The third kappa shape index (κ3) is 2.51. The third-order valence-electron chi connectivity index (χ3n) is 5.07. The Labute approximate surface area is 157 Å². The monoisotopic (exact) mass is 389 g/mol. The fraction of sp³-hybridized carbons (Fsp3) is 0.250. The lowest BCUT2D eigenvalue weighted by Crippen LogP contribution is -2.23. The Hall–Kier alpha value is -3.16. The van der Waals surface area contributed by atoms with Gasteiger partial charge in [0.2, 0.25) is 0 Å². The minimum Gasteiger partial charge on any atom is -0.486 e. The van der Waals surface area contributed by atoms with Crippen molar-refractivity contribution in [2.75, 3.05) is 25.1 Å². The highest BCUT2D eigenvalue weighted by atomic mass is 19.4. The lowest BCUT2D eigenvalue weighted by atomic mass is 9.79. The van der Waals surface area contributed by atoms with Crippen LogP contribution in [0.2, 0.25) is 0 Å². The predicted octanol–water partition coefficient (Wildman–Crippen LogP) is 3.84. The highest BCUT2D eigenvalue weighted by Gasteiger charge is 2.43. The number of ether oxygens (including phenoxy) is 3. The Morgan fingerprint density at radius 1 is 0.964 bits per heavy atom. The van der Waals surface area contributed by atoms with Crippen LogP contribution in [0.15, 0.2) is 47.7 Å². The number of cyclic esters (lactones) is 1. The maximum atomic E-state index is 13.7. The summed E-state index contributed by atoms with van der Waals surface area (Å²) in [5.74, 6) is -0.591. The maximum absolute atomic E-state index is 13.7. The van der Waals surface area contributed by atoms with E-state index in [0.29, 0.717) is 41.7 Å². The SMILES string of the molecule is O=C1OCC2=C1[C@@H](c1ccccc1C(F)(F)F)c1cc3c(cc1N2)OCCO3. The first-order valence-corrected chi connectivity index (χ1v) is 8.70. The number of carbonyl (C=O) groups is 1. The molecule has 3 heterocycles. The number of anilines is 1. The van der Waals surface area contributed by atoms with Gasteiger partial charge in [0.05, 0.1) is 16.8 Å². The fourth-order valence-corrected chi connectivity index (χ4v) is 3.91. The number of carbonyl (C=O) groups excluding carboxylic acids is 1. The van der Waals surface area contributed by atoms with Crippen LogP contribution < -0.4 is 14.8 Å². The average Bonchev–Trinajstić information content (AvgIpc) is 3.04. The second kappa shape index (κ2) is 5.92. The van der Waals surface area contributed by atoms with Gasteiger partial charge in [-0.05, 0) is 23.3 Å². The average molecular weight is 389 g/mol. The number of halogens is 3. The molecule has 2 aromatic carbocycles. The van der Waals surface area contributed by atoms with Gasteiger partial charge in [-0.25, -0.2) is 4.79 Å². The van der Waals surface area contributed by atoms with Gasteiger partial charge in [0.1, 0.15) is 19.8 Å². The van der Waals surface area contributed by atoms with E-state index in [2.05, 4.69) is 5.32 Å². The van der Waals surface area contributed by atoms with E-state index in [0.717, 1.165) is 6.07 Å². The van der Waals surface area contributed by atoms with E-state index in [-0.39, 0.29) is 17.7 Å². The Bertz CT molecular complexity index is 1030. The molecular weight excluding hydrogens is 375 g/mol. The molecule has 0 amide bonds. The number of hydrogen-bond donors (Lipinski definition) is 1. The summed E-state index contributed by atoms with van der Waals surface area (Å²) >= 11 is 0. The van der Waals surface area contributed by atoms with Crippen LogP contribution in [-0.2, 0) is 15.7 Å². The molecule has 0 radical (unpaired) electrons. The Balaban J connectivity index is 1.76. The molecule has 0 aromatic heterocycles. The standard InChI is InChI=1S/C20H14F3NO4/c21-20(22,23)12-4-2-1-3-10(12)17-11-7-15-16(27-6-5-26-15)8-13(11)24-14-9-28-19(25)18(14)17/h1-4,7-8,17,24H,5-6,9H2/t17-/m0/s1. The van der Waals surface area contributed by atoms with Gasteiger partial charge in [-0.2, -0.15) is 13.2 Å². The summed E-state index contributed by atoms with van der Waals surface area (Å²) in [5, 5.41) is 3.11. The summed E-state index contributed by atoms with van der Waals surface area (Å²) in [6.45, 7) is 0.730. The molecule has 5 nitrogen and oxygen atoms in total. The Kier molecular flexibility index (Phi) is 3.59. The summed E-state index contributed by atoms with van der Waals surface area (Å²) in [7, 11) is 0. The fourth-order valence-electron chi connectivity index (χ4n) is 3.91. The lowest BCUT2D eigenvalue weighted by molar-refractivity contribution is -0.139. The molecule has 0 unspecified atom stereocenters. The van der Waals surface area contributed by atoms with Gasteiger partial charge >= 0.3 is 12.1 Å². The topological polar surface area (TPSA) is 56.8 Å². The number of hydrogen-bond acceptors (Lipinski definition) is 5. The second-order valence-electron chi connectivity index (χ2n) is 6.69. The molecule has 0 saturated heterocycles. The van der Waals surface area contributed by atoms with E-state index in [4.69, 9.17) is 14.2 Å². The summed E-state index contributed by atoms with van der Waals surface area (Å²) in [4.78, 5) is 12.4. The molecule has 0 bridgehead atoms. The van der Waals surface area contributed by atoms with Crippen LogP contribution in [0.25, 0.3) is 0 Å². The molecule has 3 aliphatic heterocycles. The van der Waals surface area contributed by atoms with Crippen LogP contribution in [0.4, 0.5) is 18.9 Å². The summed E-state index contributed by atoms with van der Waals surface area (Å²) < 4.78 is 57.4. The Morgan fingerprint density at radius 3 is 2.43 bits per heavy atom. The number of fused-ring (bicyclic) bond motifs is 2. The van der Waals surface area contributed by atoms with Crippen LogP contribution in [0.1, 0.15) is 22.6 Å². The molecule has 28 heavy (non-hydrogen) atoms. The van der Waals surface area contributed by atoms with Crippen molar-refractivity contribution in [1.29, 1.82) is 0 Å². The zero-order valence-corrected chi connectivity index (χ0v) is 14.4. The first kappa shape index (κ1) is 17.0. The normalized spacial score (nSPS) is 20.2. The Morgan fingerprint density at radius 2 is 1.68 bits per heavy atom. The number of nitrogens with one attached hydrogen (secondary N) is 1. The van der Waals surface area contributed by atoms with Crippen molar-refractivity contribution in [2.24, 2.45) is 0 Å². The summed E-state index contributed by atoms with van der Waals surface area (Å²) in [6.07, 6.45) is -4.56. The molecule has 0 fully saturated rings. The van der Waals surface area contributed by atoms with Crippen molar-refractivity contribution >= 4 is 11.7 Å². The van der Waals surface area contributed by atoms with Crippen LogP contribution in [0.3, 0.4) is 0 Å². The molecule has 1 atom stereocenters. The van der Waals surface area contributed by atoms with Gasteiger partial charge in [0.25, 0.3) is 0 Å². The number of rotatable bonds is 1. The molecule has 0 saturated carbocycles. The molecular formula is C20H14F3NO4. The van der Waals surface area contributed by atoms with Crippen molar-refractivity contribution in [1.82, 2.24) is 0 Å². The van der Waals surface area contributed by atoms with E-state index in [1.165, 1.54) is 18.2 Å². The highest BCUT2D eigenvalue weighted by molar-refractivity contribution is 5.97. The first-order valence-electron chi connectivity index (χ1n) is 8.70. The molecule has 8 heteroatoms. The van der Waals surface area contributed by atoms with Crippen LogP contribution >= 0.6 is 0 Å². The van der Waals surface area contributed by atoms with Gasteiger partial charge < -0.3 is 19.5 Å². The minimum atomic E-state index is -4.56. The second-order valence-corrected chi connectivity index (χ2v) is 6.69.